The zero-order valence-electron chi connectivity index (χ0n) is 32.6. The summed E-state index contributed by atoms with van der Waals surface area (Å²) in [6.07, 6.45) is -4.27. The van der Waals surface area contributed by atoms with Gasteiger partial charge in [-0.05, 0) is 94.5 Å². The van der Waals surface area contributed by atoms with Gasteiger partial charge in [-0.2, -0.15) is 13.2 Å². The van der Waals surface area contributed by atoms with E-state index in [1.807, 2.05) is 61.6 Å². The molecule has 1 fully saturated rings. The smallest absolute Gasteiger partial charge is 0.410 e. The topological polar surface area (TPSA) is 69.3 Å². The number of carbonyl (C=O) groups excluding carboxylic acids is 1. The summed E-state index contributed by atoms with van der Waals surface area (Å²) in [5.74, 6) is 0.0194. The lowest BCUT2D eigenvalue weighted by atomic mass is 9.89. The van der Waals surface area contributed by atoms with Crippen LogP contribution in [-0.4, -0.2) is 83.3 Å². The highest BCUT2D eigenvalue weighted by atomic mass is 127. The van der Waals surface area contributed by atoms with Crippen molar-refractivity contribution >= 4 is 74.5 Å². The van der Waals surface area contributed by atoms with Crippen LogP contribution in [0.1, 0.15) is 59.9 Å². The fourth-order valence-corrected chi connectivity index (χ4v) is 14.1. The van der Waals surface area contributed by atoms with Crippen LogP contribution in [0, 0.1) is 8.80 Å². The Bertz CT molecular complexity index is 1790. The minimum atomic E-state index is -4.29. The Labute approximate surface area is 342 Å². The van der Waals surface area contributed by atoms with Crippen molar-refractivity contribution in [2.75, 3.05) is 51.4 Å². The fourth-order valence-electron chi connectivity index (χ4n) is 7.40. The van der Waals surface area contributed by atoms with Gasteiger partial charge in [0.05, 0.1) is 46.1 Å². The van der Waals surface area contributed by atoms with Crippen molar-refractivity contribution < 1.29 is 36.6 Å². The number of nitrogens with zero attached hydrogens (tertiary/aromatic N) is 1. The summed E-state index contributed by atoms with van der Waals surface area (Å²) in [6, 6.07) is 26.6. The third-order valence-corrected chi connectivity index (χ3v) is 17.3. The van der Waals surface area contributed by atoms with Gasteiger partial charge in [0.2, 0.25) is 0 Å². The summed E-state index contributed by atoms with van der Waals surface area (Å²) in [6.45, 7) is 15.5. The molecule has 1 amide bonds. The Morgan fingerprint density at radius 2 is 1.45 bits per heavy atom. The molecular formula is C42H54F3IN2O5SSi. The van der Waals surface area contributed by atoms with Crippen LogP contribution in [-0.2, 0) is 25.1 Å². The molecule has 0 spiro atoms. The predicted molar refractivity (Wildman–Crippen MR) is 227 cm³/mol. The van der Waals surface area contributed by atoms with Crippen molar-refractivity contribution in [3.63, 3.8) is 0 Å². The number of likely N-dealkylation sites (tertiary alicyclic amines) is 1. The molecule has 3 aromatic carbocycles. The Balaban J connectivity index is 1.17. The molecule has 0 saturated carbocycles. The number of alkyl halides is 3. The Morgan fingerprint density at radius 1 is 0.855 bits per heavy atom. The van der Waals surface area contributed by atoms with E-state index >= 15 is 0 Å². The maximum Gasteiger partial charge on any atom is 0.410 e. The van der Waals surface area contributed by atoms with Crippen molar-refractivity contribution in [3.05, 3.63) is 87.3 Å². The maximum absolute atomic E-state index is 13.4. The zero-order chi connectivity index (χ0) is 39.9. The number of anilines is 1. The van der Waals surface area contributed by atoms with Gasteiger partial charge in [-0.15, -0.1) is 11.3 Å². The number of rotatable bonds is 15. The molecule has 0 aliphatic carbocycles. The Morgan fingerprint density at radius 3 is 2.04 bits per heavy atom. The van der Waals surface area contributed by atoms with E-state index in [-0.39, 0.29) is 23.1 Å². The van der Waals surface area contributed by atoms with E-state index in [2.05, 4.69) is 74.6 Å². The predicted octanol–water partition coefficient (Wildman–Crippen LogP) is 9.65. The van der Waals surface area contributed by atoms with Crippen LogP contribution in [0.25, 0.3) is 10.1 Å². The van der Waals surface area contributed by atoms with Gasteiger partial charge >= 0.3 is 12.3 Å². The summed E-state index contributed by atoms with van der Waals surface area (Å²) in [4.78, 5) is 14.8. The van der Waals surface area contributed by atoms with Gasteiger partial charge < -0.3 is 28.9 Å². The van der Waals surface area contributed by atoms with E-state index in [1.165, 1.54) is 21.7 Å². The highest BCUT2D eigenvalue weighted by molar-refractivity contribution is 14.1. The second kappa shape index (κ2) is 18.7. The lowest BCUT2D eigenvalue weighted by Gasteiger charge is -2.43. The molecular weight excluding hydrogens is 857 g/mol. The number of fused-ring (bicyclic) bond motifs is 1. The second-order valence-corrected chi connectivity index (χ2v) is 23.2. The molecule has 1 saturated heterocycles. The van der Waals surface area contributed by atoms with Crippen LogP contribution < -0.4 is 15.7 Å². The molecule has 1 aliphatic rings. The van der Waals surface area contributed by atoms with Crippen molar-refractivity contribution in [2.45, 2.75) is 83.7 Å². The van der Waals surface area contributed by atoms with E-state index in [1.54, 1.807) is 17.0 Å². The molecule has 55 heavy (non-hydrogen) atoms. The number of carbonyl (C=O) groups is 1. The van der Waals surface area contributed by atoms with Gasteiger partial charge in [0.25, 0.3) is 8.32 Å². The number of benzene rings is 3. The zero-order valence-corrected chi connectivity index (χ0v) is 36.6. The van der Waals surface area contributed by atoms with E-state index in [4.69, 9.17) is 18.6 Å². The number of hydrogen-bond acceptors (Lipinski definition) is 7. The number of hydrogen-bond donors (Lipinski definition) is 1. The lowest BCUT2D eigenvalue weighted by Crippen LogP contribution is -2.66. The van der Waals surface area contributed by atoms with Crippen molar-refractivity contribution in [2.24, 2.45) is 5.92 Å². The number of halogens is 4. The van der Waals surface area contributed by atoms with Crippen LogP contribution in [0.15, 0.2) is 78.9 Å². The van der Waals surface area contributed by atoms with Crippen LogP contribution >= 0.6 is 33.9 Å². The molecule has 5 rings (SSSR count). The monoisotopic (exact) mass is 910 g/mol. The van der Waals surface area contributed by atoms with Crippen LogP contribution in [0.3, 0.4) is 0 Å². The molecule has 1 aromatic heterocycles. The van der Waals surface area contributed by atoms with Crippen LogP contribution in [0.5, 0.6) is 0 Å². The van der Waals surface area contributed by atoms with Crippen LogP contribution in [0.2, 0.25) is 5.04 Å². The molecule has 4 aromatic rings. The summed E-state index contributed by atoms with van der Waals surface area (Å²) >= 11 is 3.39. The number of amides is 1. The number of thiophene rings is 1. The van der Waals surface area contributed by atoms with Gasteiger partial charge in [0, 0.05) is 25.7 Å². The molecule has 13 heteroatoms. The van der Waals surface area contributed by atoms with E-state index in [0.717, 1.165) is 10.4 Å². The van der Waals surface area contributed by atoms with Crippen molar-refractivity contribution in [1.29, 1.82) is 0 Å². The average Bonchev–Trinajstić information content (AvgIpc) is 3.43. The van der Waals surface area contributed by atoms with E-state index < -0.39 is 26.5 Å². The SMILES string of the molecule is CC(C)(C)OC(=O)N1CCC(Nc2cccc3c(CC(F)(F)F)c(I)sc23)C(CCOCCOCCO[Si](c2ccccc2)(c2ccccc2)C(C)(C)C)C1. The van der Waals surface area contributed by atoms with Crippen molar-refractivity contribution in [3.8, 4) is 0 Å². The van der Waals surface area contributed by atoms with E-state index in [9.17, 15) is 18.0 Å². The normalized spacial score (nSPS) is 17.1. The largest absolute Gasteiger partial charge is 0.444 e. The van der Waals surface area contributed by atoms with Gasteiger partial charge in [-0.1, -0.05) is 93.6 Å². The lowest BCUT2D eigenvalue weighted by molar-refractivity contribution is -0.127. The summed E-state index contributed by atoms with van der Waals surface area (Å²) in [5, 5.41) is 6.63. The quantitative estimate of drug-likeness (QED) is 0.0729. The van der Waals surface area contributed by atoms with E-state index in [0.29, 0.717) is 72.8 Å². The Kier molecular flexibility index (Phi) is 14.8. The van der Waals surface area contributed by atoms with Gasteiger partial charge in [-0.25, -0.2) is 4.79 Å². The molecule has 0 bridgehead atoms. The first-order chi connectivity index (χ1) is 26.0. The molecule has 0 radical (unpaired) electrons. The first-order valence-corrected chi connectivity index (χ1v) is 22.7. The molecule has 1 N–H and O–H groups in total. The van der Waals surface area contributed by atoms with Gasteiger partial charge in [-0.3, -0.25) is 0 Å². The first-order valence-electron chi connectivity index (χ1n) is 18.9. The van der Waals surface area contributed by atoms with Gasteiger partial charge in [0.1, 0.15) is 5.60 Å². The average molecular weight is 911 g/mol. The molecule has 7 nitrogen and oxygen atoms in total. The molecule has 300 valence electrons. The highest BCUT2D eigenvalue weighted by Gasteiger charge is 2.50. The third-order valence-electron chi connectivity index (χ3n) is 9.84. The summed E-state index contributed by atoms with van der Waals surface area (Å²) in [7, 11) is -2.64. The molecule has 2 atom stereocenters. The third kappa shape index (κ3) is 11.5. The standard InChI is InChI=1S/C42H54F3IN2O5SSi/c1-40(2,3)53-39(49)48-22-20-35(47-36-19-13-18-33-34(28-42(43,44)45)38(46)54-37(33)36)30(29-48)21-23-50-24-25-51-26-27-52-55(41(4,5)6,31-14-9-7-10-15-31)32-16-11-8-12-17-32/h7-19,30,35,47H,20-29H2,1-6H3. The summed E-state index contributed by atoms with van der Waals surface area (Å²) in [5.41, 5.74) is 0.512. The second-order valence-electron chi connectivity index (χ2n) is 16.1. The molecule has 1 aliphatic heterocycles. The number of nitrogens with one attached hydrogen (secondary N) is 1. The molecule has 2 heterocycles. The minimum absolute atomic E-state index is 0.0194. The number of ether oxygens (including phenoxy) is 3. The molecule has 2 unspecified atom stereocenters. The highest BCUT2D eigenvalue weighted by Crippen LogP contribution is 2.41. The minimum Gasteiger partial charge on any atom is -0.444 e. The van der Waals surface area contributed by atoms with Crippen molar-refractivity contribution in [1.82, 2.24) is 4.90 Å². The van der Waals surface area contributed by atoms with Gasteiger partial charge in [0.15, 0.2) is 0 Å². The van der Waals surface area contributed by atoms with Crippen LogP contribution in [0.4, 0.5) is 23.7 Å². The maximum atomic E-state index is 13.4. The first kappa shape index (κ1) is 43.4. The Hall–Kier alpha value is -2.69. The summed E-state index contributed by atoms with van der Waals surface area (Å²) < 4.78 is 66.4. The number of piperidine rings is 1. The fraction of sp³-hybridized carbons (Fsp3) is 0.500.